The maximum atomic E-state index is 6.56. The molecule has 0 radical (unpaired) electrons. The van der Waals surface area contributed by atoms with E-state index in [-0.39, 0.29) is 6.04 Å². The molecule has 1 aromatic heterocycles. The topological polar surface area (TPSA) is 26.0 Å². The van der Waals surface area contributed by atoms with Gasteiger partial charge in [0.25, 0.3) is 0 Å². The molecule has 1 aromatic carbocycles. The van der Waals surface area contributed by atoms with E-state index in [0.29, 0.717) is 11.8 Å². The van der Waals surface area contributed by atoms with E-state index in [2.05, 4.69) is 72.2 Å². The van der Waals surface area contributed by atoms with E-state index >= 15 is 0 Å². The summed E-state index contributed by atoms with van der Waals surface area (Å²) in [4.78, 5) is 1.36. The Hall–Kier alpha value is -0.640. The van der Waals surface area contributed by atoms with Gasteiger partial charge in [-0.25, -0.2) is 0 Å². The zero-order valence-corrected chi connectivity index (χ0v) is 14.5. The van der Waals surface area contributed by atoms with Crippen LogP contribution in [0.5, 0.6) is 0 Å². The van der Waals surface area contributed by atoms with Gasteiger partial charge in [-0.1, -0.05) is 50.6 Å². The normalized spacial score (nSPS) is 15.8. The molecule has 2 N–H and O–H groups in total. The fourth-order valence-electron chi connectivity index (χ4n) is 2.75. The molecule has 0 aliphatic heterocycles. The summed E-state index contributed by atoms with van der Waals surface area (Å²) < 4.78 is 1.18. The van der Waals surface area contributed by atoms with E-state index in [4.69, 9.17) is 5.73 Å². The minimum absolute atomic E-state index is 0.165. The first-order valence-electron chi connectivity index (χ1n) is 7.16. The van der Waals surface area contributed by atoms with E-state index in [9.17, 15) is 0 Å². The van der Waals surface area contributed by atoms with E-state index in [0.717, 1.165) is 12.8 Å². The first kappa shape index (κ1) is 15.7. The molecular formula is C17H22BrNS. The third-order valence-corrected chi connectivity index (χ3v) is 5.61. The molecule has 0 fully saturated rings. The molecule has 1 heterocycles. The number of hydrogen-bond donors (Lipinski definition) is 1. The SMILES string of the molecule is CCC(C)C(c1ccccc1)C(N)Cc1ccc(Br)s1. The lowest BCUT2D eigenvalue weighted by atomic mass is 9.79. The van der Waals surface area contributed by atoms with Crippen LogP contribution < -0.4 is 5.73 Å². The van der Waals surface area contributed by atoms with Crippen molar-refractivity contribution < 1.29 is 0 Å². The third-order valence-electron chi connectivity index (χ3n) is 3.97. The fraction of sp³-hybridized carbons (Fsp3) is 0.412. The van der Waals surface area contributed by atoms with Crippen molar-refractivity contribution >= 4 is 27.3 Å². The molecule has 0 saturated carbocycles. The monoisotopic (exact) mass is 351 g/mol. The zero-order valence-electron chi connectivity index (χ0n) is 12.1. The number of hydrogen-bond acceptors (Lipinski definition) is 2. The van der Waals surface area contributed by atoms with E-state index in [1.54, 1.807) is 11.3 Å². The fourth-order valence-corrected chi connectivity index (χ4v) is 4.30. The van der Waals surface area contributed by atoms with Gasteiger partial charge in [0.1, 0.15) is 0 Å². The maximum absolute atomic E-state index is 6.56. The Morgan fingerprint density at radius 3 is 2.40 bits per heavy atom. The smallest absolute Gasteiger partial charge is 0.0701 e. The van der Waals surface area contributed by atoms with Gasteiger partial charge in [-0.15, -0.1) is 11.3 Å². The van der Waals surface area contributed by atoms with Crippen LogP contribution in [0.1, 0.15) is 36.6 Å². The molecule has 0 aliphatic rings. The molecule has 108 valence electrons. The van der Waals surface area contributed by atoms with Crippen LogP contribution in [0.2, 0.25) is 0 Å². The predicted molar refractivity (Wildman–Crippen MR) is 92.3 cm³/mol. The summed E-state index contributed by atoms with van der Waals surface area (Å²) in [5.74, 6) is 1.01. The number of nitrogens with two attached hydrogens (primary N) is 1. The Morgan fingerprint density at radius 2 is 1.85 bits per heavy atom. The molecule has 0 spiro atoms. The van der Waals surface area contributed by atoms with Crippen molar-refractivity contribution in [3.63, 3.8) is 0 Å². The summed E-state index contributed by atoms with van der Waals surface area (Å²) in [6, 6.07) is 15.2. The highest BCUT2D eigenvalue weighted by molar-refractivity contribution is 9.11. The standard InChI is InChI=1S/C17H22BrNS/c1-3-12(2)17(13-7-5-4-6-8-13)15(19)11-14-9-10-16(18)20-14/h4-10,12,15,17H,3,11,19H2,1-2H3. The van der Waals surface area contributed by atoms with Crippen LogP contribution in [0.25, 0.3) is 0 Å². The minimum Gasteiger partial charge on any atom is -0.327 e. The van der Waals surface area contributed by atoms with Crippen LogP contribution in [-0.2, 0) is 6.42 Å². The van der Waals surface area contributed by atoms with Crippen molar-refractivity contribution in [2.75, 3.05) is 0 Å². The van der Waals surface area contributed by atoms with Gasteiger partial charge in [-0.3, -0.25) is 0 Å². The number of rotatable bonds is 6. The molecule has 0 saturated heterocycles. The summed E-state index contributed by atoms with van der Waals surface area (Å²) in [5.41, 5.74) is 7.92. The minimum atomic E-state index is 0.165. The van der Waals surface area contributed by atoms with Gasteiger partial charge in [0.2, 0.25) is 0 Å². The number of benzene rings is 1. The molecule has 1 nitrogen and oxygen atoms in total. The van der Waals surface area contributed by atoms with Gasteiger partial charge < -0.3 is 5.73 Å². The van der Waals surface area contributed by atoms with Crippen molar-refractivity contribution in [3.8, 4) is 0 Å². The highest BCUT2D eigenvalue weighted by Crippen LogP contribution is 2.32. The summed E-state index contributed by atoms with van der Waals surface area (Å²) in [6.45, 7) is 4.55. The molecule has 0 bridgehead atoms. The maximum Gasteiger partial charge on any atom is 0.0701 e. The van der Waals surface area contributed by atoms with Crippen LogP contribution >= 0.6 is 27.3 Å². The van der Waals surface area contributed by atoms with Crippen molar-refractivity contribution in [1.29, 1.82) is 0 Å². The predicted octanol–water partition coefficient (Wildman–Crippen LogP) is 5.21. The van der Waals surface area contributed by atoms with Gasteiger partial charge >= 0.3 is 0 Å². The van der Waals surface area contributed by atoms with Crippen molar-refractivity contribution in [2.45, 2.75) is 38.6 Å². The Balaban J connectivity index is 2.18. The molecule has 3 heteroatoms. The van der Waals surface area contributed by atoms with Crippen molar-refractivity contribution in [1.82, 2.24) is 0 Å². The highest BCUT2D eigenvalue weighted by Gasteiger charge is 2.25. The number of thiophene rings is 1. The molecule has 3 unspecified atom stereocenters. The van der Waals surface area contributed by atoms with Crippen molar-refractivity contribution in [3.05, 3.63) is 56.7 Å². The Morgan fingerprint density at radius 1 is 1.15 bits per heavy atom. The highest BCUT2D eigenvalue weighted by atomic mass is 79.9. The lowest BCUT2D eigenvalue weighted by molar-refractivity contribution is 0.381. The summed E-state index contributed by atoms with van der Waals surface area (Å²) in [7, 11) is 0. The molecular weight excluding hydrogens is 330 g/mol. The number of halogens is 1. The van der Waals surface area contributed by atoms with Crippen LogP contribution in [0.3, 0.4) is 0 Å². The zero-order chi connectivity index (χ0) is 14.5. The summed E-state index contributed by atoms with van der Waals surface area (Å²) in [5, 5.41) is 0. The molecule has 20 heavy (non-hydrogen) atoms. The van der Waals surface area contributed by atoms with Crippen LogP contribution in [0.15, 0.2) is 46.3 Å². The molecule has 3 atom stereocenters. The van der Waals surface area contributed by atoms with Gasteiger partial charge in [-0.05, 0) is 46.0 Å². The Kier molecular flexibility index (Phi) is 5.82. The summed E-state index contributed by atoms with van der Waals surface area (Å²) >= 11 is 5.31. The molecule has 0 amide bonds. The Bertz CT molecular complexity index is 523. The van der Waals surface area contributed by atoms with E-state index in [1.807, 2.05) is 0 Å². The van der Waals surface area contributed by atoms with Gasteiger partial charge in [0.05, 0.1) is 3.79 Å². The lowest BCUT2D eigenvalue weighted by Gasteiger charge is -2.29. The quantitative estimate of drug-likeness (QED) is 0.759. The largest absolute Gasteiger partial charge is 0.327 e. The lowest BCUT2D eigenvalue weighted by Crippen LogP contribution is -2.34. The van der Waals surface area contributed by atoms with E-state index in [1.165, 1.54) is 14.2 Å². The average Bonchev–Trinajstić information content (AvgIpc) is 2.85. The second-order valence-electron chi connectivity index (χ2n) is 5.40. The summed E-state index contributed by atoms with van der Waals surface area (Å²) in [6.07, 6.45) is 2.10. The Labute approximate surface area is 134 Å². The first-order valence-corrected chi connectivity index (χ1v) is 8.77. The first-order chi connectivity index (χ1) is 9.61. The average molecular weight is 352 g/mol. The second kappa shape index (κ2) is 7.39. The van der Waals surface area contributed by atoms with Gasteiger partial charge in [0.15, 0.2) is 0 Å². The van der Waals surface area contributed by atoms with Gasteiger partial charge in [0, 0.05) is 16.8 Å². The molecule has 2 rings (SSSR count). The molecule has 2 aromatic rings. The van der Waals surface area contributed by atoms with Crippen LogP contribution in [0.4, 0.5) is 0 Å². The van der Waals surface area contributed by atoms with Crippen LogP contribution in [-0.4, -0.2) is 6.04 Å². The van der Waals surface area contributed by atoms with Gasteiger partial charge in [-0.2, -0.15) is 0 Å². The second-order valence-corrected chi connectivity index (χ2v) is 7.94. The van der Waals surface area contributed by atoms with Crippen LogP contribution in [0, 0.1) is 5.92 Å². The van der Waals surface area contributed by atoms with Crippen molar-refractivity contribution in [2.24, 2.45) is 11.7 Å². The molecule has 0 aliphatic carbocycles. The third kappa shape index (κ3) is 3.94. The van der Waals surface area contributed by atoms with E-state index < -0.39 is 0 Å².